The maximum Gasteiger partial charge on any atom is 0.433 e. The Morgan fingerprint density at radius 2 is 1.69 bits per heavy atom. The van der Waals surface area contributed by atoms with Gasteiger partial charge in [0, 0.05) is 11.8 Å². The van der Waals surface area contributed by atoms with E-state index in [1.54, 1.807) is 0 Å². The average Bonchev–Trinajstić information content (AvgIpc) is 2.14. The SMILES string of the molecule is O[C@H](c1cccnc1C(F)(F)F)C(F)(F)F. The summed E-state index contributed by atoms with van der Waals surface area (Å²) in [5.41, 5.74) is -3.04. The molecule has 1 N–H and O–H groups in total. The van der Waals surface area contributed by atoms with Crippen LogP contribution in [0.3, 0.4) is 0 Å². The van der Waals surface area contributed by atoms with Crippen LogP contribution in [0.2, 0.25) is 0 Å². The molecule has 0 aromatic carbocycles. The van der Waals surface area contributed by atoms with Gasteiger partial charge in [-0.2, -0.15) is 26.3 Å². The van der Waals surface area contributed by atoms with E-state index in [0.29, 0.717) is 12.3 Å². The highest BCUT2D eigenvalue weighted by Crippen LogP contribution is 2.38. The Bertz CT molecular complexity index is 372. The number of nitrogens with zero attached hydrogens (tertiary/aromatic N) is 1. The van der Waals surface area contributed by atoms with Gasteiger partial charge in [0.05, 0.1) is 0 Å². The van der Waals surface area contributed by atoms with E-state index in [0.717, 1.165) is 6.07 Å². The van der Waals surface area contributed by atoms with Gasteiger partial charge in [0.15, 0.2) is 11.8 Å². The van der Waals surface area contributed by atoms with Crippen LogP contribution in [0, 0.1) is 0 Å². The van der Waals surface area contributed by atoms with Gasteiger partial charge in [0.1, 0.15) is 0 Å². The van der Waals surface area contributed by atoms with E-state index in [9.17, 15) is 26.3 Å². The third-order valence-corrected chi connectivity index (χ3v) is 1.71. The van der Waals surface area contributed by atoms with Crippen molar-refractivity contribution in [2.75, 3.05) is 0 Å². The highest BCUT2D eigenvalue weighted by atomic mass is 19.4. The van der Waals surface area contributed by atoms with Crippen LogP contribution in [-0.4, -0.2) is 16.3 Å². The first kappa shape index (κ1) is 12.8. The van der Waals surface area contributed by atoms with E-state index < -0.39 is 29.7 Å². The Balaban J connectivity index is 3.25. The van der Waals surface area contributed by atoms with Crippen LogP contribution in [-0.2, 0) is 6.18 Å². The number of aliphatic hydroxyl groups excluding tert-OH is 1. The zero-order chi connectivity index (χ0) is 12.6. The summed E-state index contributed by atoms with van der Waals surface area (Å²) in [6.07, 6.45) is -12.7. The van der Waals surface area contributed by atoms with Gasteiger partial charge in [0.2, 0.25) is 0 Å². The van der Waals surface area contributed by atoms with Crippen LogP contribution in [0.15, 0.2) is 18.3 Å². The van der Waals surface area contributed by atoms with Crippen molar-refractivity contribution in [3.63, 3.8) is 0 Å². The molecule has 1 rings (SSSR count). The Morgan fingerprint density at radius 1 is 1.12 bits per heavy atom. The first-order valence-electron chi connectivity index (χ1n) is 3.91. The molecule has 1 atom stereocenters. The second kappa shape index (κ2) is 3.93. The van der Waals surface area contributed by atoms with Crippen LogP contribution in [0.25, 0.3) is 0 Å². The fourth-order valence-corrected chi connectivity index (χ4v) is 1.05. The maximum absolute atomic E-state index is 12.3. The summed E-state index contributed by atoms with van der Waals surface area (Å²) in [6, 6.07) is 1.42. The van der Waals surface area contributed by atoms with Crippen molar-refractivity contribution in [3.05, 3.63) is 29.6 Å². The molecule has 0 amide bonds. The molecule has 1 heterocycles. The van der Waals surface area contributed by atoms with Crippen LogP contribution in [0.4, 0.5) is 26.3 Å². The molecule has 0 aliphatic rings. The molecule has 0 bridgehead atoms. The molecule has 0 saturated carbocycles. The Hall–Kier alpha value is -1.31. The zero-order valence-electron chi connectivity index (χ0n) is 7.47. The third-order valence-electron chi connectivity index (χ3n) is 1.71. The second-order valence-corrected chi connectivity index (χ2v) is 2.88. The number of hydrogen-bond donors (Lipinski definition) is 1. The van der Waals surface area contributed by atoms with Crippen molar-refractivity contribution in [2.24, 2.45) is 0 Å². The van der Waals surface area contributed by atoms with E-state index in [4.69, 9.17) is 5.11 Å². The predicted molar refractivity (Wildman–Crippen MR) is 40.3 cm³/mol. The summed E-state index contributed by atoms with van der Waals surface area (Å²) in [7, 11) is 0. The molecular weight excluding hydrogens is 240 g/mol. The number of aliphatic hydroxyl groups is 1. The van der Waals surface area contributed by atoms with Crippen LogP contribution in [0.5, 0.6) is 0 Å². The Kier molecular flexibility index (Phi) is 3.13. The average molecular weight is 245 g/mol. The molecule has 8 heteroatoms. The van der Waals surface area contributed by atoms with Crippen molar-refractivity contribution in [2.45, 2.75) is 18.5 Å². The van der Waals surface area contributed by atoms with Gasteiger partial charge < -0.3 is 5.11 Å². The molecule has 0 aliphatic carbocycles. The summed E-state index contributed by atoms with van der Waals surface area (Å²) in [5, 5.41) is 8.74. The molecule has 0 unspecified atom stereocenters. The number of aromatic nitrogens is 1. The van der Waals surface area contributed by atoms with Crippen molar-refractivity contribution in [1.82, 2.24) is 4.98 Å². The first-order valence-corrected chi connectivity index (χ1v) is 3.91. The number of hydrogen-bond acceptors (Lipinski definition) is 2. The predicted octanol–water partition coefficient (Wildman–Crippen LogP) is 2.70. The highest BCUT2D eigenvalue weighted by Gasteiger charge is 2.45. The zero-order valence-corrected chi connectivity index (χ0v) is 7.47. The van der Waals surface area contributed by atoms with E-state index in [2.05, 4.69) is 4.98 Å². The van der Waals surface area contributed by atoms with E-state index >= 15 is 0 Å². The molecular formula is C8H5F6NO. The molecule has 1 aromatic rings. The quantitative estimate of drug-likeness (QED) is 0.771. The van der Waals surface area contributed by atoms with Crippen molar-refractivity contribution >= 4 is 0 Å². The lowest BCUT2D eigenvalue weighted by molar-refractivity contribution is -0.209. The third kappa shape index (κ3) is 2.63. The van der Waals surface area contributed by atoms with Gasteiger partial charge in [-0.3, -0.25) is 4.98 Å². The largest absolute Gasteiger partial charge is 0.433 e. The lowest BCUT2D eigenvalue weighted by Gasteiger charge is -2.18. The molecule has 0 radical (unpaired) electrons. The number of rotatable bonds is 1. The molecule has 0 saturated heterocycles. The highest BCUT2D eigenvalue weighted by molar-refractivity contribution is 5.25. The smallest absolute Gasteiger partial charge is 0.379 e. The molecule has 0 spiro atoms. The number of alkyl halides is 6. The van der Waals surface area contributed by atoms with Gasteiger partial charge in [0.25, 0.3) is 0 Å². The maximum atomic E-state index is 12.3. The van der Waals surface area contributed by atoms with Crippen molar-refractivity contribution in [1.29, 1.82) is 0 Å². The standard InChI is InChI=1S/C8H5F6NO/c9-7(10,11)5-4(2-1-3-15-5)6(16)8(12,13)14/h1-3,6,16H/t6-/m1/s1. The van der Waals surface area contributed by atoms with E-state index in [1.165, 1.54) is 0 Å². The topological polar surface area (TPSA) is 33.1 Å². The molecule has 0 aliphatic heterocycles. The first-order chi connectivity index (χ1) is 7.14. The molecule has 90 valence electrons. The van der Waals surface area contributed by atoms with Gasteiger partial charge in [-0.1, -0.05) is 6.07 Å². The fourth-order valence-electron chi connectivity index (χ4n) is 1.05. The van der Waals surface area contributed by atoms with Crippen molar-refractivity contribution in [3.8, 4) is 0 Å². The number of pyridine rings is 1. The van der Waals surface area contributed by atoms with Crippen LogP contribution >= 0.6 is 0 Å². The van der Waals surface area contributed by atoms with E-state index in [1.807, 2.05) is 0 Å². The van der Waals surface area contributed by atoms with Gasteiger partial charge in [-0.25, -0.2) is 0 Å². The molecule has 1 aromatic heterocycles. The fraction of sp³-hybridized carbons (Fsp3) is 0.375. The van der Waals surface area contributed by atoms with Gasteiger partial charge >= 0.3 is 12.4 Å². The Labute approximate surface area is 85.5 Å². The minimum Gasteiger partial charge on any atom is -0.379 e. The normalized spacial score (nSPS) is 14.9. The molecule has 2 nitrogen and oxygen atoms in total. The summed E-state index contributed by atoms with van der Waals surface area (Å²) in [5.74, 6) is 0. The lowest BCUT2D eigenvalue weighted by atomic mass is 10.1. The number of halogens is 6. The van der Waals surface area contributed by atoms with Crippen LogP contribution in [0.1, 0.15) is 17.4 Å². The molecule has 0 fully saturated rings. The second-order valence-electron chi connectivity index (χ2n) is 2.88. The minimum atomic E-state index is -5.16. The van der Waals surface area contributed by atoms with Gasteiger partial charge in [-0.05, 0) is 6.07 Å². The van der Waals surface area contributed by atoms with Gasteiger partial charge in [-0.15, -0.1) is 0 Å². The monoisotopic (exact) mass is 245 g/mol. The summed E-state index contributed by atoms with van der Waals surface area (Å²) in [6.45, 7) is 0. The minimum absolute atomic E-state index is 0.536. The summed E-state index contributed by atoms with van der Waals surface area (Å²) >= 11 is 0. The Morgan fingerprint density at radius 3 is 2.12 bits per heavy atom. The lowest BCUT2D eigenvalue weighted by Crippen LogP contribution is -2.24. The van der Waals surface area contributed by atoms with Crippen LogP contribution < -0.4 is 0 Å². The van der Waals surface area contributed by atoms with E-state index in [-0.39, 0.29) is 0 Å². The van der Waals surface area contributed by atoms with Crippen molar-refractivity contribution < 1.29 is 31.4 Å². The summed E-state index contributed by atoms with van der Waals surface area (Å²) in [4.78, 5) is 2.80. The molecule has 16 heavy (non-hydrogen) atoms. The summed E-state index contributed by atoms with van der Waals surface area (Å²) < 4.78 is 72.9.